The highest BCUT2D eigenvalue weighted by atomic mass is 16.5. The Morgan fingerprint density at radius 1 is 1.31 bits per heavy atom. The maximum absolute atomic E-state index is 11.2. The molecule has 0 unspecified atom stereocenters. The first kappa shape index (κ1) is 12.1. The first-order valence-electron chi connectivity index (χ1n) is 4.16. The Bertz CT molecular complexity index is 196. The van der Waals surface area contributed by atoms with Crippen LogP contribution in [0, 0.1) is 0 Å². The molecule has 13 heavy (non-hydrogen) atoms. The second-order valence-electron chi connectivity index (χ2n) is 3.57. The number of hydrogen-bond acceptors (Lipinski definition) is 3. The molecule has 4 heteroatoms. The van der Waals surface area contributed by atoms with E-state index >= 15 is 0 Å². The van der Waals surface area contributed by atoms with E-state index in [2.05, 4.69) is 0 Å². The SMILES string of the molecule is COC(C)(C)CC(=O)CCC(=O)O. The number of carbonyl (C=O) groups is 2. The van der Waals surface area contributed by atoms with Crippen molar-refractivity contribution in [1.29, 1.82) is 0 Å². The first-order chi connectivity index (χ1) is 5.87. The van der Waals surface area contributed by atoms with Crippen LogP contribution in [0.3, 0.4) is 0 Å². The van der Waals surface area contributed by atoms with Gasteiger partial charge in [0.05, 0.1) is 12.0 Å². The minimum Gasteiger partial charge on any atom is -0.481 e. The van der Waals surface area contributed by atoms with Gasteiger partial charge in [-0.05, 0) is 13.8 Å². The van der Waals surface area contributed by atoms with Crippen molar-refractivity contribution in [1.82, 2.24) is 0 Å². The van der Waals surface area contributed by atoms with E-state index in [1.807, 2.05) is 0 Å². The maximum atomic E-state index is 11.2. The Morgan fingerprint density at radius 2 is 1.85 bits per heavy atom. The second-order valence-corrected chi connectivity index (χ2v) is 3.57. The van der Waals surface area contributed by atoms with Crippen molar-refractivity contribution in [3.8, 4) is 0 Å². The van der Waals surface area contributed by atoms with Gasteiger partial charge in [0.2, 0.25) is 0 Å². The van der Waals surface area contributed by atoms with Crippen molar-refractivity contribution in [2.45, 2.75) is 38.7 Å². The average Bonchev–Trinajstić information content (AvgIpc) is 2.00. The van der Waals surface area contributed by atoms with E-state index in [1.54, 1.807) is 13.8 Å². The molecule has 0 bridgehead atoms. The van der Waals surface area contributed by atoms with Gasteiger partial charge < -0.3 is 9.84 Å². The van der Waals surface area contributed by atoms with Gasteiger partial charge in [0.15, 0.2) is 0 Å². The molecule has 0 aliphatic heterocycles. The third kappa shape index (κ3) is 6.28. The fourth-order valence-corrected chi connectivity index (χ4v) is 0.882. The molecule has 0 fully saturated rings. The number of hydrogen-bond donors (Lipinski definition) is 1. The van der Waals surface area contributed by atoms with Crippen molar-refractivity contribution in [3.63, 3.8) is 0 Å². The Kier molecular flexibility index (Phi) is 4.62. The summed E-state index contributed by atoms with van der Waals surface area (Å²) in [4.78, 5) is 21.3. The highest BCUT2D eigenvalue weighted by Crippen LogP contribution is 2.14. The number of rotatable bonds is 6. The number of carboxylic acids is 1. The third-order valence-corrected chi connectivity index (χ3v) is 1.79. The van der Waals surface area contributed by atoms with Crippen LogP contribution in [0.15, 0.2) is 0 Å². The zero-order chi connectivity index (χ0) is 10.5. The lowest BCUT2D eigenvalue weighted by Crippen LogP contribution is -2.26. The van der Waals surface area contributed by atoms with Gasteiger partial charge in [0.25, 0.3) is 0 Å². The van der Waals surface area contributed by atoms with Crippen LogP contribution < -0.4 is 0 Å². The molecule has 0 spiro atoms. The molecule has 0 saturated heterocycles. The lowest BCUT2D eigenvalue weighted by Gasteiger charge is -2.21. The zero-order valence-electron chi connectivity index (χ0n) is 8.29. The summed E-state index contributed by atoms with van der Waals surface area (Å²) in [5.74, 6) is -1.02. The van der Waals surface area contributed by atoms with E-state index in [-0.39, 0.29) is 25.0 Å². The van der Waals surface area contributed by atoms with E-state index in [4.69, 9.17) is 9.84 Å². The number of methoxy groups -OCH3 is 1. The summed E-state index contributed by atoms with van der Waals surface area (Å²) in [6, 6.07) is 0. The quantitative estimate of drug-likeness (QED) is 0.681. The summed E-state index contributed by atoms with van der Waals surface area (Å²) in [5, 5.41) is 8.33. The van der Waals surface area contributed by atoms with Gasteiger partial charge in [0.1, 0.15) is 5.78 Å². The minimum absolute atomic E-state index is 0.0748. The van der Waals surface area contributed by atoms with Crippen LogP contribution in [0.1, 0.15) is 33.1 Å². The molecule has 0 amide bonds. The molecule has 0 aromatic rings. The summed E-state index contributed by atoms with van der Waals surface area (Å²) < 4.78 is 5.05. The zero-order valence-corrected chi connectivity index (χ0v) is 8.29. The normalized spacial score (nSPS) is 11.3. The monoisotopic (exact) mass is 188 g/mol. The minimum atomic E-state index is -0.941. The summed E-state index contributed by atoms with van der Waals surface area (Å²) in [6.07, 6.45) is 0.248. The van der Waals surface area contributed by atoms with E-state index in [9.17, 15) is 9.59 Å². The van der Waals surface area contributed by atoms with Crippen LogP contribution in [0.25, 0.3) is 0 Å². The molecule has 0 heterocycles. The number of aliphatic carboxylic acids is 1. The molecular formula is C9H16O4. The van der Waals surface area contributed by atoms with E-state index in [0.717, 1.165) is 0 Å². The predicted octanol–water partition coefficient (Wildman–Crippen LogP) is 1.24. The fourth-order valence-electron chi connectivity index (χ4n) is 0.882. The van der Waals surface area contributed by atoms with Crippen LogP contribution in [0.4, 0.5) is 0 Å². The molecule has 0 saturated carbocycles. The molecule has 0 aliphatic carbocycles. The van der Waals surface area contributed by atoms with Gasteiger partial charge in [-0.25, -0.2) is 0 Å². The Morgan fingerprint density at radius 3 is 2.23 bits per heavy atom. The van der Waals surface area contributed by atoms with Crippen molar-refractivity contribution < 1.29 is 19.4 Å². The molecule has 1 N–H and O–H groups in total. The summed E-state index contributed by atoms with van der Waals surface area (Å²) in [7, 11) is 1.53. The van der Waals surface area contributed by atoms with Gasteiger partial charge in [-0.15, -0.1) is 0 Å². The molecule has 0 aromatic carbocycles. The van der Waals surface area contributed by atoms with Gasteiger partial charge in [0, 0.05) is 20.0 Å². The number of ketones is 1. The maximum Gasteiger partial charge on any atom is 0.303 e. The van der Waals surface area contributed by atoms with E-state index < -0.39 is 11.6 Å². The summed E-state index contributed by atoms with van der Waals surface area (Å²) >= 11 is 0. The second kappa shape index (κ2) is 4.97. The molecule has 4 nitrogen and oxygen atoms in total. The van der Waals surface area contributed by atoms with Crippen LogP contribution in [-0.4, -0.2) is 29.6 Å². The largest absolute Gasteiger partial charge is 0.481 e. The standard InChI is InChI=1S/C9H16O4/c1-9(2,13-3)6-7(10)4-5-8(11)12/h4-6H2,1-3H3,(H,11,12). The molecular weight excluding hydrogens is 172 g/mol. The van der Waals surface area contributed by atoms with Crippen LogP contribution in [-0.2, 0) is 14.3 Å². The molecule has 0 rings (SSSR count). The lowest BCUT2D eigenvalue weighted by molar-refractivity contribution is -0.139. The van der Waals surface area contributed by atoms with E-state index in [1.165, 1.54) is 7.11 Å². The Labute approximate surface area is 77.9 Å². The smallest absolute Gasteiger partial charge is 0.303 e. The van der Waals surface area contributed by atoms with E-state index in [0.29, 0.717) is 0 Å². The molecule has 76 valence electrons. The molecule has 0 aliphatic rings. The van der Waals surface area contributed by atoms with Crippen molar-refractivity contribution >= 4 is 11.8 Å². The molecule has 0 aromatic heterocycles. The van der Waals surface area contributed by atoms with Crippen LogP contribution in [0.2, 0.25) is 0 Å². The van der Waals surface area contributed by atoms with Crippen molar-refractivity contribution in [2.75, 3.05) is 7.11 Å². The Balaban J connectivity index is 3.81. The molecule has 0 atom stereocenters. The Hall–Kier alpha value is -0.900. The van der Waals surface area contributed by atoms with Crippen molar-refractivity contribution in [3.05, 3.63) is 0 Å². The van der Waals surface area contributed by atoms with Gasteiger partial charge in [-0.3, -0.25) is 9.59 Å². The lowest BCUT2D eigenvalue weighted by atomic mass is 9.99. The number of ether oxygens (including phenoxy) is 1. The average molecular weight is 188 g/mol. The van der Waals surface area contributed by atoms with Crippen LogP contribution in [0.5, 0.6) is 0 Å². The van der Waals surface area contributed by atoms with Crippen LogP contribution >= 0.6 is 0 Å². The number of Topliss-reactive ketones (excluding diaryl/α,β-unsaturated/α-hetero) is 1. The number of carboxylic acid groups (broad SMARTS) is 1. The fraction of sp³-hybridized carbons (Fsp3) is 0.778. The van der Waals surface area contributed by atoms with Gasteiger partial charge in [-0.2, -0.15) is 0 Å². The highest BCUT2D eigenvalue weighted by molar-refractivity contribution is 5.83. The molecule has 0 radical (unpaired) electrons. The van der Waals surface area contributed by atoms with Gasteiger partial charge in [-0.1, -0.05) is 0 Å². The first-order valence-corrected chi connectivity index (χ1v) is 4.16. The number of carbonyl (C=O) groups excluding carboxylic acids is 1. The van der Waals surface area contributed by atoms with Gasteiger partial charge >= 0.3 is 5.97 Å². The van der Waals surface area contributed by atoms with Crippen molar-refractivity contribution in [2.24, 2.45) is 0 Å². The predicted molar refractivity (Wildman–Crippen MR) is 47.6 cm³/mol. The third-order valence-electron chi connectivity index (χ3n) is 1.79. The topological polar surface area (TPSA) is 63.6 Å². The summed E-state index contributed by atoms with van der Waals surface area (Å²) in [6.45, 7) is 3.59. The summed E-state index contributed by atoms with van der Waals surface area (Å²) in [5.41, 5.74) is -0.490. The highest BCUT2D eigenvalue weighted by Gasteiger charge is 2.20.